The van der Waals surface area contributed by atoms with E-state index >= 15 is 0 Å². The molecule has 0 atom stereocenters. The Kier molecular flexibility index (Phi) is 7.51. The zero-order valence-corrected chi connectivity index (χ0v) is 4.74. The number of hydrogen-bond acceptors (Lipinski definition) is 2. The lowest BCUT2D eigenvalue weighted by atomic mass is 11.1. The van der Waals surface area contributed by atoms with Crippen LogP contribution in [0.25, 0.3) is 0 Å². The van der Waals surface area contributed by atoms with Crippen LogP contribution in [-0.2, 0) is 0 Å². The second-order valence-corrected chi connectivity index (χ2v) is 0.867. The number of nitrogens with two attached hydrogens (primary N) is 1. The van der Waals surface area contributed by atoms with Gasteiger partial charge >= 0.3 is 11.1 Å². The SMILES string of the molecule is CNC(N)=O.O=[N+](O)O. The monoisotopic (exact) mass is 138 g/mol. The van der Waals surface area contributed by atoms with Gasteiger partial charge in [-0.1, -0.05) is 0 Å². The summed E-state index contributed by atoms with van der Waals surface area (Å²) in [6.45, 7) is 0. The molecule has 9 heavy (non-hydrogen) atoms. The summed E-state index contributed by atoms with van der Waals surface area (Å²) in [5, 5.41) is 14.7. The molecule has 0 unspecified atom stereocenters. The third-order valence-corrected chi connectivity index (χ3v) is 0.246. The lowest BCUT2D eigenvalue weighted by molar-refractivity contribution is -0.969. The van der Waals surface area contributed by atoms with Gasteiger partial charge in [-0.15, -0.1) is 0 Å². The van der Waals surface area contributed by atoms with E-state index in [9.17, 15) is 4.79 Å². The number of carbonyl (C=O) groups is 1. The first-order valence-corrected chi connectivity index (χ1v) is 1.83. The Hall–Kier alpha value is -1.53. The molecule has 0 fully saturated rings. The fraction of sp³-hybridized carbons (Fsp3) is 0.500. The molecule has 0 aliphatic carbocycles. The van der Waals surface area contributed by atoms with E-state index in [1.165, 1.54) is 7.05 Å². The number of nitrogens with zero attached hydrogens (tertiary/aromatic N) is 1. The quantitative estimate of drug-likeness (QED) is 0.315. The molecule has 0 aromatic carbocycles. The maximum atomic E-state index is 9.48. The molecule has 7 nitrogen and oxygen atoms in total. The van der Waals surface area contributed by atoms with Crippen LogP contribution in [0.2, 0.25) is 0 Å². The van der Waals surface area contributed by atoms with E-state index in [1.807, 2.05) is 0 Å². The van der Waals surface area contributed by atoms with Crippen molar-refractivity contribution < 1.29 is 20.3 Å². The van der Waals surface area contributed by atoms with Crippen LogP contribution in [0.15, 0.2) is 0 Å². The first-order chi connectivity index (χ1) is 4.00. The van der Waals surface area contributed by atoms with Crippen LogP contribution < -0.4 is 11.1 Å². The fourth-order valence-electron chi connectivity index (χ4n) is 0. The second kappa shape index (κ2) is 6.47. The van der Waals surface area contributed by atoms with Gasteiger partial charge in [0.2, 0.25) is 0 Å². The molecule has 0 aromatic rings. The molecule has 54 valence electrons. The first kappa shape index (κ1) is 10.5. The van der Waals surface area contributed by atoms with Crippen LogP contribution in [0.3, 0.4) is 0 Å². The molecule has 0 bridgehead atoms. The van der Waals surface area contributed by atoms with Crippen LogP contribution in [0, 0.1) is 4.91 Å². The molecule has 2 amide bonds. The van der Waals surface area contributed by atoms with Gasteiger partial charge < -0.3 is 11.1 Å². The van der Waals surface area contributed by atoms with Crippen molar-refractivity contribution >= 4 is 6.03 Å². The lowest BCUT2D eigenvalue weighted by Gasteiger charge is -1.80. The fourth-order valence-corrected chi connectivity index (χ4v) is 0. The summed E-state index contributed by atoms with van der Waals surface area (Å²) >= 11 is 0. The Morgan fingerprint density at radius 1 is 1.67 bits per heavy atom. The van der Waals surface area contributed by atoms with Gasteiger partial charge in [0.1, 0.15) is 4.91 Å². The van der Waals surface area contributed by atoms with Crippen LogP contribution in [0.5, 0.6) is 0 Å². The highest BCUT2D eigenvalue weighted by Gasteiger charge is 1.78. The molecule has 5 N–H and O–H groups in total. The summed E-state index contributed by atoms with van der Waals surface area (Å²) in [5.41, 5.74) is 4.54. The Morgan fingerprint density at radius 3 is 1.78 bits per heavy atom. The van der Waals surface area contributed by atoms with Gasteiger partial charge in [-0.3, -0.25) is 0 Å². The summed E-state index contributed by atoms with van der Waals surface area (Å²) < 4.78 is 0. The van der Waals surface area contributed by atoms with E-state index in [4.69, 9.17) is 15.3 Å². The molecule has 0 radical (unpaired) electrons. The Balaban J connectivity index is 0. The molecule has 0 aliphatic rings. The van der Waals surface area contributed by atoms with Gasteiger partial charge in [0.15, 0.2) is 0 Å². The van der Waals surface area contributed by atoms with Crippen molar-refractivity contribution in [1.82, 2.24) is 5.32 Å². The Labute approximate surface area is 50.6 Å². The van der Waals surface area contributed by atoms with Crippen molar-refractivity contribution in [2.75, 3.05) is 7.05 Å². The first-order valence-electron chi connectivity index (χ1n) is 1.83. The summed E-state index contributed by atoms with van der Waals surface area (Å²) in [6, 6.07) is -0.495. The maximum absolute atomic E-state index is 9.48. The highest BCUT2D eigenvalue weighted by Crippen LogP contribution is 1.38. The largest absolute Gasteiger partial charge is 0.472 e. The molecule has 0 heterocycles. The van der Waals surface area contributed by atoms with Crippen molar-refractivity contribution in [3.63, 3.8) is 0 Å². The van der Waals surface area contributed by atoms with E-state index < -0.39 is 11.1 Å². The predicted octanol–water partition coefficient (Wildman–Crippen LogP) is -1.17. The Morgan fingerprint density at radius 2 is 1.78 bits per heavy atom. The van der Waals surface area contributed by atoms with Gasteiger partial charge in [0.05, 0.1) is 0 Å². The third-order valence-electron chi connectivity index (χ3n) is 0.246. The summed E-state index contributed by atoms with van der Waals surface area (Å²) in [4.78, 5) is 18.0. The molecule has 0 saturated carbocycles. The molecule has 0 aromatic heterocycles. The normalized spacial score (nSPS) is 6.33. The number of rotatable bonds is 0. The number of hydrogen-bond donors (Lipinski definition) is 4. The lowest BCUT2D eigenvalue weighted by Crippen LogP contribution is -2.24. The summed E-state index contributed by atoms with van der Waals surface area (Å²) in [6.07, 6.45) is 0. The van der Waals surface area contributed by atoms with Gasteiger partial charge in [0.25, 0.3) is 0 Å². The number of primary amides is 1. The molecule has 7 heteroatoms. The molecule has 0 aliphatic heterocycles. The molecule has 0 rings (SSSR count). The smallest absolute Gasteiger partial charge is 0.352 e. The minimum atomic E-state index is -1.25. The van der Waals surface area contributed by atoms with Crippen LogP contribution in [0.4, 0.5) is 4.79 Å². The van der Waals surface area contributed by atoms with Crippen molar-refractivity contribution in [2.45, 2.75) is 0 Å². The van der Waals surface area contributed by atoms with E-state index in [2.05, 4.69) is 11.1 Å². The van der Waals surface area contributed by atoms with Crippen molar-refractivity contribution in [1.29, 1.82) is 0 Å². The van der Waals surface area contributed by atoms with Crippen LogP contribution >= 0.6 is 0 Å². The zero-order valence-electron chi connectivity index (χ0n) is 4.74. The van der Waals surface area contributed by atoms with E-state index in [1.54, 1.807) is 0 Å². The van der Waals surface area contributed by atoms with E-state index in [0.717, 1.165) is 0 Å². The van der Waals surface area contributed by atoms with Crippen molar-refractivity contribution in [3.8, 4) is 0 Å². The molecule has 0 saturated heterocycles. The summed E-state index contributed by atoms with van der Waals surface area (Å²) in [7, 11) is 1.47. The molecule has 0 spiro atoms. The molecular weight excluding hydrogens is 130 g/mol. The number of nitrogens with one attached hydrogen (secondary N) is 1. The number of urea groups is 1. The van der Waals surface area contributed by atoms with Crippen molar-refractivity contribution in [2.24, 2.45) is 5.73 Å². The maximum Gasteiger partial charge on any atom is 0.472 e. The highest BCUT2D eigenvalue weighted by molar-refractivity contribution is 5.71. The van der Waals surface area contributed by atoms with Gasteiger partial charge in [-0.25, -0.2) is 15.2 Å². The third kappa shape index (κ3) is 585. The Bertz CT molecular complexity index is 98.0. The molecular formula is C2H8N3O4+. The average Bonchev–Trinajstić information content (AvgIpc) is 1.65. The van der Waals surface area contributed by atoms with E-state index in [-0.39, 0.29) is 0 Å². The minimum absolute atomic E-state index is 0.495. The average molecular weight is 138 g/mol. The van der Waals surface area contributed by atoms with Gasteiger partial charge in [-0.2, -0.15) is 0 Å². The van der Waals surface area contributed by atoms with Crippen molar-refractivity contribution in [3.05, 3.63) is 4.91 Å². The highest BCUT2D eigenvalue weighted by atomic mass is 16.9. The number of carbonyl (C=O) groups excluding carboxylic acids is 1. The predicted molar refractivity (Wildman–Crippen MR) is 25.8 cm³/mol. The van der Waals surface area contributed by atoms with E-state index in [0.29, 0.717) is 0 Å². The minimum Gasteiger partial charge on any atom is -0.352 e. The topological polar surface area (TPSA) is 116 Å². The van der Waals surface area contributed by atoms with Crippen LogP contribution in [-0.4, -0.2) is 28.6 Å². The van der Waals surface area contributed by atoms with Gasteiger partial charge in [0, 0.05) is 7.05 Å². The number of amides is 2. The van der Waals surface area contributed by atoms with Gasteiger partial charge in [-0.05, 0) is 0 Å². The standard InChI is InChI=1S/C2H6N2O.H2NO3/c1-4-2(3)5;2-1(3)4/h1H3,(H3,3,4,5);(H2,2,3,4)/q;+1. The van der Waals surface area contributed by atoms with Crippen LogP contribution in [0.1, 0.15) is 0 Å². The zero-order chi connectivity index (χ0) is 7.86. The summed E-state index contributed by atoms with van der Waals surface area (Å²) in [5.74, 6) is 0. The second-order valence-electron chi connectivity index (χ2n) is 0.867.